The summed E-state index contributed by atoms with van der Waals surface area (Å²) in [6.07, 6.45) is 9.47. The molecule has 1 unspecified atom stereocenters. The summed E-state index contributed by atoms with van der Waals surface area (Å²) in [5.41, 5.74) is 2.15. The molecule has 0 N–H and O–H groups in total. The van der Waals surface area contributed by atoms with Gasteiger partial charge in [0, 0.05) is 36.3 Å². The summed E-state index contributed by atoms with van der Waals surface area (Å²) >= 11 is 0. The number of rotatable bonds is 6. The topological polar surface area (TPSA) is 47.0 Å². The van der Waals surface area contributed by atoms with Crippen LogP contribution in [-0.4, -0.2) is 41.8 Å². The Kier molecular flexibility index (Phi) is 6.35. The number of fused-ring (bicyclic) bond motifs is 1. The third-order valence-electron chi connectivity index (χ3n) is 6.90. The molecule has 2 heterocycles. The number of nitrogens with zero attached hydrogens (tertiary/aromatic N) is 3. The van der Waals surface area contributed by atoms with E-state index in [9.17, 15) is 0 Å². The Morgan fingerprint density at radius 3 is 2.62 bits per heavy atom. The van der Waals surface area contributed by atoms with Crippen molar-refractivity contribution in [2.24, 2.45) is 11.1 Å². The molecule has 0 radical (unpaired) electrons. The molecule has 0 spiro atoms. The highest BCUT2D eigenvalue weighted by Crippen LogP contribution is 2.31. The molecule has 1 saturated heterocycles. The number of benzene rings is 2. The third kappa shape index (κ3) is 4.63. The van der Waals surface area contributed by atoms with E-state index in [1.54, 1.807) is 13.3 Å². The third-order valence-corrected chi connectivity index (χ3v) is 6.90. The predicted octanol–water partition coefficient (Wildman–Crippen LogP) is 5.68. The molecule has 3 aromatic rings. The number of aromatic nitrogens is 1. The quantitative estimate of drug-likeness (QED) is 0.374. The minimum absolute atomic E-state index is 0.351. The fourth-order valence-corrected chi connectivity index (χ4v) is 5.20. The number of piperidine rings is 1. The van der Waals surface area contributed by atoms with Gasteiger partial charge >= 0.3 is 0 Å². The number of likely N-dealkylation sites (tertiary alicyclic amines) is 1. The minimum Gasteiger partial charge on any atom is -0.497 e. The van der Waals surface area contributed by atoms with Gasteiger partial charge in [-0.2, -0.15) is 0 Å². The maximum Gasteiger partial charge on any atom is 0.248 e. The van der Waals surface area contributed by atoms with Gasteiger partial charge in [0.05, 0.1) is 12.8 Å². The predicted molar refractivity (Wildman–Crippen MR) is 128 cm³/mol. The highest BCUT2D eigenvalue weighted by Gasteiger charge is 2.31. The molecule has 2 fully saturated rings. The molecule has 5 nitrogen and oxygen atoms in total. The average molecular weight is 430 g/mol. The van der Waals surface area contributed by atoms with E-state index in [1.165, 1.54) is 44.0 Å². The Hall–Kier alpha value is -2.92. The summed E-state index contributed by atoms with van der Waals surface area (Å²) < 4.78 is 5.39. The van der Waals surface area contributed by atoms with Crippen LogP contribution in [0.2, 0.25) is 0 Å². The molecule has 166 valence electrons. The van der Waals surface area contributed by atoms with E-state index in [0.29, 0.717) is 11.8 Å². The first-order valence-corrected chi connectivity index (χ1v) is 11.8. The summed E-state index contributed by atoms with van der Waals surface area (Å²) in [5.74, 6) is 1.75. The van der Waals surface area contributed by atoms with E-state index in [4.69, 9.17) is 14.7 Å². The smallest absolute Gasteiger partial charge is 0.248 e. The normalized spacial score (nSPS) is 20.5. The maximum atomic E-state index is 5.82. The van der Waals surface area contributed by atoms with Crippen molar-refractivity contribution in [2.75, 3.05) is 20.2 Å². The zero-order valence-electron chi connectivity index (χ0n) is 18.7. The van der Waals surface area contributed by atoms with Gasteiger partial charge in [0.1, 0.15) is 5.75 Å². The van der Waals surface area contributed by atoms with E-state index in [1.807, 2.05) is 24.3 Å². The number of pyridine rings is 1. The van der Waals surface area contributed by atoms with Gasteiger partial charge < -0.3 is 9.57 Å². The van der Waals surface area contributed by atoms with Gasteiger partial charge in [0.25, 0.3) is 0 Å². The lowest BCUT2D eigenvalue weighted by atomic mass is 9.87. The van der Waals surface area contributed by atoms with Crippen molar-refractivity contribution in [3.05, 3.63) is 66.4 Å². The first kappa shape index (κ1) is 21.0. The molecule has 2 aliphatic rings. The average Bonchev–Trinajstić information content (AvgIpc) is 3.40. The summed E-state index contributed by atoms with van der Waals surface area (Å²) in [6.45, 7) is 2.25. The molecular formula is C27H31N3O2. The highest BCUT2D eigenvalue weighted by molar-refractivity contribution is 6.05. The number of hydrogen-bond donors (Lipinski definition) is 0. The Balaban J connectivity index is 1.47. The van der Waals surface area contributed by atoms with Crippen LogP contribution < -0.4 is 9.57 Å². The van der Waals surface area contributed by atoms with Crippen molar-refractivity contribution in [3.63, 3.8) is 0 Å². The van der Waals surface area contributed by atoms with E-state index >= 15 is 0 Å². The van der Waals surface area contributed by atoms with Gasteiger partial charge in [-0.15, -0.1) is 0 Å². The molecule has 1 aliphatic carbocycles. The lowest BCUT2D eigenvalue weighted by molar-refractivity contribution is 0.146. The molecule has 0 amide bonds. The number of hydrogen-bond acceptors (Lipinski definition) is 5. The van der Waals surface area contributed by atoms with Crippen molar-refractivity contribution in [1.82, 2.24) is 9.88 Å². The highest BCUT2D eigenvalue weighted by atomic mass is 16.6. The first-order chi connectivity index (χ1) is 15.8. The summed E-state index contributed by atoms with van der Waals surface area (Å²) in [7, 11) is 1.70. The summed E-state index contributed by atoms with van der Waals surface area (Å²) in [6, 6.07) is 19.1. The fourth-order valence-electron chi connectivity index (χ4n) is 5.20. The second-order valence-electron chi connectivity index (χ2n) is 8.94. The second-order valence-corrected chi connectivity index (χ2v) is 8.94. The van der Waals surface area contributed by atoms with Crippen LogP contribution in [0, 0.1) is 5.92 Å². The molecule has 1 atom stereocenters. The molecule has 0 bridgehead atoms. The van der Waals surface area contributed by atoms with Gasteiger partial charge in [0.2, 0.25) is 5.88 Å². The van der Waals surface area contributed by atoms with Gasteiger partial charge in [-0.1, -0.05) is 42.3 Å². The zero-order valence-corrected chi connectivity index (χ0v) is 18.7. The molecule has 5 heteroatoms. The lowest BCUT2D eigenvalue weighted by Gasteiger charge is -2.37. The van der Waals surface area contributed by atoms with Crippen molar-refractivity contribution < 1.29 is 9.57 Å². The molecule has 1 saturated carbocycles. The largest absolute Gasteiger partial charge is 0.497 e. The lowest BCUT2D eigenvalue weighted by Crippen LogP contribution is -2.44. The van der Waals surface area contributed by atoms with Crippen molar-refractivity contribution in [3.8, 4) is 11.6 Å². The van der Waals surface area contributed by atoms with Gasteiger partial charge in [0.15, 0.2) is 0 Å². The molecule has 1 aliphatic heterocycles. The Labute approximate surface area is 190 Å². The molecular weight excluding hydrogens is 398 g/mol. The first-order valence-electron chi connectivity index (χ1n) is 11.8. The maximum absolute atomic E-state index is 5.82. The monoisotopic (exact) mass is 429 g/mol. The standard InChI is InChI=1S/C27H31N3O2/c1-31-25-14-13-20-17-22(12-11-21(20)18-25)27(29-32-26-10-4-5-15-28-26)23-7-6-16-30(19-23)24-8-2-3-9-24/h4-5,10-15,17-18,23-24H,2-3,6-9,16,19H2,1H3/b29-27-. The molecule has 1 aromatic heterocycles. The van der Waals surface area contributed by atoms with Crippen molar-refractivity contribution in [2.45, 2.75) is 44.6 Å². The van der Waals surface area contributed by atoms with Crippen LogP contribution in [0.4, 0.5) is 0 Å². The van der Waals surface area contributed by atoms with Gasteiger partial charge in [-0.3, -0.25) is 4.90 Å². The van der Waals surface area contributed by atoms with Crippen LogP contribution in [0.25, 0.3) is 10.8 Å². The van der Waals surface area contributed by atoms with Gasteiger partial charge in [-0.05, 0) is 67.3 Å². The van der Waals surface area contributed by atoms with E-state index in [0.717, 1.165) is 41.4 Å². The van der Waals surface area contributed by atoms with E-state index in [2.05, 4.69) is 40.2 Å². The van der Waals surface area contributed by atoms with Crippen LogP contribution in [-0.2, 0) is 0 Å². The zero-order chi connectivity index (χ0) is 21.8. The number of ether oxygens (including phenoxy) is 1. The molecule has 2 aromatic carbocycles. The van der Waals surface area contributed by atoms with Crippen LogP contribution in [0.15, 0.2) is 65.9 Å². The number of oxime groups is 1. The molecule has 32 heavy (non-hydrogen) atoms. The fraction of sp³-hybridized carbons (Fsp3) is 0.407. The molecule has 5 rings (SSSR count). The van der Waals surface area contributed by atoms with Gasteiger partial charge in [-0.25, -0.2) is 4.98 Å². The van der Waals surface area contributed by atoms with E-state index in [-0.39, 0.29) is 0 Å². The van der Waals surface area contributed by atoms with E-state index < -0.39 is 0 Å². The Morgan fingerprint density at radius 2 is 1.81 bits per heavy atom. The van der Waals surface area contributed by atoms with Crippen molar-refractivity contribution >= 4 is 16.5 Å². The summed E-state index contributed by atoms with van der Waals surface area (Å²) in [4.78, 5) is 12.8. The minimum atomic E-state index is 0.351. The van der Waals surface area contributed by atoms with Crippen LogP contribution in [0.5, 0.6) is 11.6 Å². The SMILES string of the molecule is COc1ccc2cc(/C(=N/Oc3ccccn3)C3CCCN(C4CCCC4)C3)ccc2c1. The van der Waals surface area contributed by atoms with Crippen molar-refractivity contribution in [1.29, 1.82) is 0 Å². The van der Waals surface area contributed by atoms with Crippen LogP contribution in [0.1, 0.15) is 44.1 Å². The summed E-state index contributed by atoms with van der Waals surface area (Å²) in [5, 5.41) is 7.03. The Bertz CT molecular complexity index is 1080. The van der Waals surface area contributed by atoms with Crippen LogP contribution >= 0.6 is 0 Å². The Morgan fingerprint density at radius 1 is 0.969 bits per heavy atom. The number of methoxy groups -OCH3 is 1. The van der Waals surface area contributed by atoms with Crippen LogP contribution in [0.3, 0.4) is 0 Å². The second kappa shape index (κ2) is 9.70.